The number of halogens is 1. The van der Waals surface area contributed by atoms with E-state index in [2.05, 4.69) is 15.2 Å². The minimum absolute atomic E-state index is 0.0369. The summed E-state index contributed by atoms with van der Waals surface area (Å²) in [6.07, 6.45) is 7.22. The lowest BCUT2D eigenvalue weighted by Crippen LogP contribution is -2.45. The van der Waals surface area contributed by atoms with Gasteiger partial charge in [0.25, 0.3) is 11.8 Å². The first-order valence-electron chi connectivity index (χ1n) is 12.0. The third-order valence-corrected chi connectivity index (χ3v) is 8.48. The van der Waals surface area contributed by atoms with E-state index >= 15 is 0 Å². The maximum atomic E-state index is 13.4. The van der Waals surface area contributed by atoms with Crippen molar-refractivity contribution < 1.29 is 9.59 Å². The summed E-state index contributed by atoms with van der Waals surface area (Å²) in [5.74, 6) is 0.262. The first kappa shape index (κ1) is 23.8. The van der Waals surface area contributed by atoms with Gasteiger partial charge in [-0.2, -0.15) is 0 Å². The molecule has 35 heavy (non-hydrogen) atoms. The summed E-state index contributed by atoms with van der Waals surface area (Å²) >= 11 is 7.39. The molecule has 1 atom stereocenters. The van der Waals surface area contributed by atoms with Crippen LogP contribution >= 0.6 is 22.9 Å². The molecule has 1 aliphatic heterocycles. The average molecular weight is 509 g/mol. The summed E-state index contributed by atoms with van der Waals surface area (Å²) in [4.78, 5) is 35.3. The van der Waals surface area contributed by atoms with Crippen LogP contribution in [0.5, 0.6) is 0 Å². The molecule has 0 spiro atoms. The fourth-order valence-electron chi connectivity index (χ4n) is 5.18. The number of aryl methyl sites for hydroxylation is 1. The summed E-state index contributed by atoms with van der Waals surface area (Å²) < 4.78 is 0. The summed E-state index contributed by atoms with van der Waals surface area (Å²) in [5.41, 5.74) is 4.97. The molecule has 0 saturated carbocycles. The van der Waals surface area contributed by atoms with Gasteiger partial charge in [0.05, 0.1) is 10.9 Å². The van der Waals surface area contributed by atoms with Crippen molar-refractivity contribution in [2.45, 2.75) is 43.6 Å². The van der Waals surface area contributed by atoms with Gasteiger partial charge in [0.1, 0.15) is 0 Å². The van der Waals surface area contributed by atoms with Gasteiger partial charge in [0.15, 0.2) is 0 Å². The lowest BCUT2D eigenvalue weighted by atomic mass is 10.00. The number of nitrogens with zero attached hydrogens (tertiary/aromatic N) is 3. The molecule has 2 aliphatic rings. The highest BCUT2D eigenvalue weighted by molar-refractivity contribution is 7.12. The molecule has 1 N–H and O–H groups in total. The largest absolute Gasteiger partial charge is 0.371 e. The van der Waals surface area contributed by atoms with Gasteiger partial charge in [-0.15, -0.1) is 22.9 Å². The van der Waals surface area contributed by atoms with E-state index in [0.29, 0.717) is 16.3 Å². The van der Waals surface area contributed by atoms with E-state index in [0.717, 1.165) is 49.9 Å². The number of anilines is 1. The van der Waals surface area contributed by atoms with E-state index in [1.54, 1.807) is 0 Å². The van der Waals surface area contributed by atoms with Crippen LogP contribution in [-0.4, -0.2) is 47.9 Å². The number of pyridine rings is 1. The standard InChI is InChI=1S/C27H29ClN4O2S/c1-31(21-8-13-32(14-9-21)22-6-11-29-12-7-22)27(34)19-3-2-18-4-5-24(23(18)16-19)30-26(33)25-20(17-28)10-15-35-25/h2-3,6-7,10-12,15-16,21,24H,4-5,8-9,13-14,17H2,1H3,(H,30,33). The van der Waals surface area contributed by atoms with Crippen LogP contribution in [0.2, 0.25) is 0 Å². The smallest absolute Gasteiger partial charge is 0.262 e. The molecule has 2 aromatic heterocycles. The number of piperidine rings is 1. The van der Waals surface area contributed by atoms with Gasteiger partial charge in [0.2, 0.25) is 0 Å². The van der Waals surface area contributed by atoms with Gasteiger partial charge < -0.3 is 15.1 Å². The highest BCUT2D eigenvalue weighted by Gasteiger charge is 2.29. The Hall–Kier alpha value is -2.90. The number of carbonyl (C=O) groups is 2. The Morgan fingerprint density at radius 3 is 2.66 bits per heavy atom. The Morgan fingerprint density at radius 2 is 1.91 bits per heavy atom. The van der Waals surface area contributed by atoms with Crippen LogP contribution in [0.25, 0.3) is 0 Å². The van der Waals surface area contributed by atoms with Gasteiger partial charge in [-0.1, -0.05) is 6.07 Å². The molecule has 1 aliphatic carbocycles. The van der Waals surface area contributed by atoms with Gasteiger partial charge in [-0.05, 0) is 78.1 Å². The Kier molecular flexibility index (Phi) is 7.07. The van der Waals surface area contributed by atoms with Crippen LogP contribution in [0.15, 0.2) is 54.2 Å². The van der Waals surface area contributed by atoms with Crippen molar-refractivity contribution >= 4 is 40.4 Å². The maximum absolute atomic E-state index is 13.4. The van der Waals surface area contributed by atoms with Crippen LogP contribution < -0.4 is 10.2 Å². The number of alkyl halides is 1. The molecule has 1 unspecified atom stereocenters. The number of fused-ring (bicyclic) bond motifs is 1. The summed E-state index contributed by atoms with van der Waals surface area (Å²) in [6, 6.07) is 12.0. The Bertz CT molecular complexity index is 1210. The fraction of sp³-hybridized carbons (Fsp3) is 0.370. The topological polar surface area (TPSA) is 65.5 Å². The van der Waals surface area contributed by atoms with Crippen molar-refractivity contribution in [2.75, 3.05) is 25.0 Å². The number of carbonyl (C=O) groups excluding carboxylic acids is 2. The molecule has 3 heterocycles. The summed E-state index contributed by atoms with van der Waals surface area (Å²) in [6.45, 7) is 1.83. The molecule has 6 nitrogen and oxygen atoms in total. The van der Waals surface area contributed by atoms with Crippen molar-refractivity contribution in [3.63, 3.8) is 0 Å². The molecular formula is C27H29ClN4O2S. The lowest BCUT2D eigenvalue weighted by molar-refractivity contribution is 0.0709. The van der Waals surface area contributed by atoms with Gasteiger partial charge in [0, 0.05) is 55.7 Å². The Morgan fingerprint density at radius 1 is 1.14 bits per heavy atom. The Labute approximate surface area is 214 Å². The number of hydrogen-bond acceptors (Lipinski definition) is 5. The highest BCUT2D eigenvalue weighted by Crippen LogP contribution is 2.33. The van der Waals surface area contributed by atoms with Crippen molar-refractivity contribution in [1.82, 2.24) is 15.2 Å². The SMILES string of the molecule is CN(C(=O)c1ccc2c(c1)C(NC(=O)c1sccc1CCl)CC2)C1CCN(c2ccncc2)CC1. The number of nitrogens with one attached hydrogen (secondary N) is 1. The molecule has 5 rings (SSSR count). The predicted molar refractivity (Wildman–Crippen MR) is 140 cm³/mol. The van der Waals surface area contributed by atoms with Crippen molar-refractivity contribution in [3.8, 4) is 0 Å². The molecule has 3 aromatic rings. The van der Waals surface area contributed by atoms with E-state index in [1.165, 1.54) is 22.6 Å². The van der Waals surface area contributed by atoms with Crippen LogP contribution in [0.3, 0.4) is 0 Å². The molecule has 182 valence electrons. The highest BCUT2D eigenvalue weighted by atomic mass is 35.5. The molecule has 8 heteroatoms. The second-order valence-electron chi connectivity index (χ2n) is 9.23. The molecule has 0 radical (unpaired) electrons. The second kappa shape index (κ2) is 10.4. The number of rotatable bonds is 6. The molecule has 0 bridgehead atoms. The van der Waals surface area contributed by atoms with E-state index in [-0.39, 0.29) is 23.9 Å². The third-order valence-electron chi connectivity index (χ3n) is 7.23. The van der Waals surface area contributed by atoms with E-state index in [1.807, 2.05) is 66.1 Å². The van der Waals surface area contributed by atoms with Crippen LogP contribution in [-0.2, 0) is 12.3 Å². The van der Waals surface area contributed by atoms with Gasteiger partial charge in [-0.3, -0.25) is 14.6 Å². The first-order valence-corrected chi connectivity index (χ1v) is 13.4. The first-order chi connectivity index (χ1) is 17.0. The van der Waals surface area contributed by atoms with Crippen molar-refractivity contribution in [3.05, 3.63) is 81.3 Å². The predicted octanol–water partition coefficient (Wildman–Crippen LogP) is 5.04. The van der Waals surface area contributed by atoms with Crippen LogP contribution in [0, 0.1) is 0 Å². The zero-order chi connectivity index (χ0) is 24.4. The van der Waals surface area contributed by atoms with Gasteiger partial charge in [-0.25, -0.2) is 0 Å². The maximum Gasteiger partial charge on any atom is 0.262 e. The monoisotopic (exact) mass is 508 g/mol. The molecule has 1 saturated heterocycles. The fourth-order valence-corrected chi connectivity index (χ4v) is 6.31. The van der Waals surface area contributed by atoms with Crippen molar-refractivity contribution in [2.24, 2.45) is 0 Å². The molecule has 1 fully saturated rings. The lowest BCUT2D eigenvalue weighted by Gasteiger charge is -2.38. The number of hydrogen-bond donors (Lipinski definition) is 1. The minimum Gasteiger partial charge on any atom is -0.371 e. The molecular weight excluding hydrogens is 480 g/mol. The summed E-state index contributed by atoms with van der Waals surface area (Å²) in [5, 5.41) is 5.06. The zero-order valence-corrected chi connectivity index (χ0v) is 21.3. The minimum atomic E-state index is -0.0942. The molecule has 2 amide bonds. The number of amides is 2. The molecule has 1 aromatic carbocycles. The number of thiophene rings is 1. The van der Waals surface area contributed by atoms with E-state index in [4.69, 9.17) is 11.6 Å². The number of benzene rings is 1. The third kappa shape index (κ3) is 4.93. The Balaban J connectivity index is 1.25. The zero-order valence-electron chi connectivity index (χ0n) is 19.7. The van der Waals surface area contributed by atoms with Crippen LogP contribution in [0.1, 0.15) is 62.0 Å². The van der Waals surface area contributed by atoms with E-state index < -0.39 is 0 Å². The average Bonchev–Trinajstić information content (AvgIpc) is 3.55. The van der Waals surface area contributed by atoms with E-state index in [9.17, 15) is 9.59 Å². The summed E-state index contributed by atoms with van der Waals surface area (Å²) in [7, 11) is 1.91. The van der Waals surface area contributed by atoms with Crippen LogP contribution in [0.4, 0.5) is 5.69 Å². The number of aromatic nitrogens is 1. The normalized spacial score (nSPS) is 17.8. The van der Waals surface area contributed by atoms with Crippen molar-refractivity contribution in [1.29, 1.82) is 0 Å². The second-order valence-corrected chi connectivity index (χ2v) is 10.4. The quantitative estimate of drug-likeness (QED) is 0.474. The van der Waals surface area contributed by atoms with Gasteiger partial charge >= 0.3 is 0 Å².